The zero-order valence-electron chi connectivity index (χ0n) is 9.61. The molecule has 90 valence electrons. The van der Waals surface area contributed by atoms with E-state index in [1.54, 1.807) is 12.1 Å². The average Bonchev–Trinajstić information content (AvgIpc) is 2.37. The number of aromatic nitrogens is 2. The van der Waals surface area contributed by atoms with Gasteiger partial charge in [-0.05, 0) is 25.5 Å². The molecule has 0 bridgehead atoms. The van der Waals surface area contributed by atoms with Gasteiger partial charge < -0.3 is 10.5 Å². The monoisotopic (exact) mass is 235 g/mol. The summed E-state index contributed by atoms with van der Waals surface area (Å²) >= 11 is 0. The van der Waals surface area contributed by atoms with Gasteiger partial charge in [-0.1, -0.05) is 0 Å². The molecule has 0 fully saturated rings. The first-order valence-electron chi connectivity index (χ1n) is 5.44. The van der Waals surface area contributed by atoms with Gasteiger partial charge in [-0.2, -0.15) is 0 Å². The van der Waals surface area contributed by atoms with Crippen molar-refractivity contribution in [2.45, 2.75) is 12.8 Å². The predicted octanol–water partition coefficient (Wildman–Crippen LogP) is 1.67. The molecule has 0 atom stereocenters. The standard InChI is InChI=1S/C12H14FN3O/c1-17-11-5-4-10-12(16-11)8(3-2-6-14)9(13)7-15-10/h4-5,7H,2-3,6,14H2,1H3. The zero-order valence-corrected chi connectivity index (χ0v) is 9.61. The summed E-state index contributed by atoms with van der Waals surface area (Å²) in [7, 11) is 1.53. The summed E-state index contributed by atoms with van der Waals surface area (Å²) in [6, 6.07) is 3.48. The van der Waals surface area contributed by atoms with Gasteiger partial charge in [-0.15, -0.1) is 0 Å². The normalized spacial score (nSPS) is 10.8. The Morgan fingerprint density at radius 1 is 1.41 bits per heavy atom. The molecule has 0 aromatic carbocycles. The molecule has 0 aliphatic carbocycles. The Hall–Kier alpha value is -1.75. The number of ether oxygens (including phenoxy) is 1. The van der Waals surface area contributed by atoms with Crippen molar-refractivity contribution < 1.29 is 9.13 Å². The van der Waals surface area contributed by atoms with E-state index < -0.39 is 0 Å². The number of hydrogen-bond donors (Lipinski definition) is 1. The van der Waals surface area contributed by atoms with Gasteiger partial charge in [0, 0.05) is 11.6 Å². The van der Waals surface area contributed by atoms with E-state index in [4.69, 9.17) is 10.5 Å². The average molecular weight is 235 g/mol. The van der Waals surface area contributed by atoms with Crippen molar-refractivity contribution in [3.63, 3.8) is 0 Å². The molecule has 2 rings (SSSR count). The summed E-state index contributed by atoms with van der Waals surface area (Å²) in [5.74, 6) is 0.116. The Morgan fingerprint density at radius 3 is 2.94 bits per heavy atom. The van der Waals surface area contributed by atoms with Crippen LogP contribution in [0.2, 0.25) is 0 Å². The molecule has 0 unspecified atom stereocenters. The molecule has 17 heavy (non-hydrogen) atoms. The lowest BCUT2D eigenvalue weighted by atomic mass is 10.1. The molecule has 0 aliphatic rings. The molecule has 2 aromatic rings. The number of halogens is 1. The first-order chi connectivity index (χ1) is 8.26. The van der Waals surface area contributed by atoms with Gasteiger partial charge in [-0.3, -0.25) is 4.98 Å². The first-order valence-corrected chi connectivity index (χ1v) is 5.44. The summed E-state index contributed by atoms with van der Waals surface area (Å²) in [6.45, 7) is 0.521. The third kappa shape index (κ3) is 2.34. The Balaban J connectivity index is 2.56. The second kappa shape index (κ2) is 5.05. The van der Waals surface area contributed by atoms with Gasteiger partial charge in [0.2, 0.25) is 5.88 Å². The van der Waals surface area contributed by atoms with Crippen LogP contribution in [-0.2, 0) is 6.42 Å². The molecular formula is C12H14FN3O. The third-order valence-corrected chi connectivity index (χ3v) is 2.58. The van der Waals surface area contributed by atoms with E-state index in [0.717, 1.165) is 6.42 Å². The third-order valence-electron chi connectivity index (χ3n) is 2.58. The minimum atomic E-state index is -0.341. The van der Waals surface area contributed by atoms with E-state index in [1.807, 2.05) is 0 Å². The molecule has 2 N–H and O–H groups in total. The van der Waals surface area contributed by atoms with Gasteiger partial charge in [0.25, 0.3) is 0 Å². The van der Waals surface area contributed by atoms with Crippen LogP contribution >= 0.6 is 0 Å². The largest absolute Gasteiger partial charge is 0.481 e. The Kier molecular flexibility index (Phi) is 3.49. The second-order valence-corrected chi connectivity index (χ2v) is 3.70. The van der Waals surface area contributed by atoms with Crippen LogP contribution in [0.25, 0.3) is 11.0 Å². The van der Waals surface area contributed by atoms with Crippen LogP contribution in [0.1, 0.15) is 12.0 Å². The Bertz CT molecular complexity index is 530. The summed E-state index contributed by atoms with van der Waals surface area (Å²) in [4.78, 5) is 8.24. The van der Waals surface area contributed by atoms with Crippen molar-refractivity contribution in [3.05, 3.63) is 29.7 Å². The minimum absolute atomic E-state index is 0.341. The SMILES string of the molecule is COc1ccc2ncc(F)c(CCCN)c2n1. The van der Waals surface area contributed by atoms with Crippen LogP contribution in [0.3, 0.4) is 0 Å². The lowest BCUT2D eigenvalue weighted by molar-refractivity contribution is 0.399. The number of methoxy groups -OCH3 is 1. The van der Waals surface area contributed by atoms with Crippen molar-refractivity contribution in [2.24, 2.45) is 5.73 Å². The van der Waals surface area contributed by atoms with E-state index in [0.29, 0.717) is 35.4 Å². The highest BCUT2D eigenvalue weighted by Crippen LogP contribution is 2.21. The van der Waals surface area contributed by atoms with Crippen LogP contribution in [0, 0.1) is 5.82 Å². The molecule has 0 radical (unpaired) electrons. The molecule has 2 aromatic heterocycles. The van der Waals surface area contributed by atoms with Crippen LogP contribution in [0.15, 0.2) is 18.3 Å². The summed E-state index contributed by atoms with van der Waals surface area (Å²) in [5.41, 5.74) is 7.22. The van der Waals surface area contributed by atoms with E-state index >= 15 is 0 Å². The highest BCUT2D eigenvalue weighted by Gasteiger charge is 2.10. The molecule has 0 amide bonds. The summed E-state index contributed by atoms with van der Waals surface area (Å²) < 4.78 is 18.7. The molecular weight excluding hydrogens is 221 g/mol. The van der Waals surface area contributed by atoms with Crippen molar-refractivity contribution in [1.82, 2.24) is 9.97 Å². The van der Waals surface area contributed by atoms with Crippen molar-refractivity contribution in [3.8, 4) is 5.88 Å². The van der Waals surface area contributed by atoms with Crippen molar-refractivity contribution >= 4 is 11.0 Å². The number of fused-ring (bicyclic) bond motifs is 1. The van der Waals surface area contributed by atoms with E-state index in [9.17, 15) is 4.39 Å². The number of nitrogens with two attached hydrogens (primary N) is 1. The van der Waals surface area contributed by atoms with Crippen LogP contribution in [0.4, 0.5) is 4.39 Å². The molecule has 0 spiro atoms. The molecule has 4 nitrogen and oxygen atoms in total. The van der Waals surface area contributed by atoms with Crippen molar-refractivity contribution in [1.29, 1.82) is 0 Å². The van der Waals surface area contributed by atoms with Crippen LogP contribution < -0.4 is 10.5 Å². The minimum Gasteiger partial charge on any atom is -0.481 e. The maximum atomic E-state index is 13.7. The Labute approximate surface area is 98.6 Å². The zero-order chi connectivity index (χ0) is 12.3. The number of pyridine rings is 2. The second-order valence-electron chi connectivity index (χ2n) is 3.70. The number of hydrogen-bond acceptors (Lipinski definition) is 4. The van der Waals surface area contributed by atoms with Crippen molar-refractivity contribution in [2.75, 3.05) is 13.7 Å². The fraction of sp³-hybridized carbons (Fsp3) is 0.333. The summed E-state index contributed by atoms with van der Waals surface area (Å²) in [5, 5.41) is 0. The first kappa shape index (κ1) is 11.7. The fourth-order valence-corrected chi connectivity index (χ4v) is 1.71. The van der Waals surface area contributed by atoms with Gasteiger partial charge in [0.1, 0.15) is 5.82 Å². The maximum Gasteiger partial charge on any atom is 0.213 e. The quantitative estimate of drug-likeness (QED) is 0.875. The van der Waals surface area contributed by atoms with Gasteiger partial charge >= 0.3 is 0 Å². The lowest BCUT2D eigenvalue weighted by Crippen LogP contribution is -2.04. The number of rotatable bonds is 4. The molecule has 5 heteroatoms. The molecule has 0 aliphatic heterocycles. The highest BCUT2D eigenvalue weighted by atomic mass is 19.1. The van der Waals surface area contributed by atoms with E-state index in [1.165, 1.54) is 13.3 Å². The summed E-state index contributed by atoms with van der Waals surface area (Å²) in [6.07, 6.45) is 2.50. The molecule has 0 saturated heterocycles. The smallest absolute Gasteiger partial charge is 0.213 e. The molecule has 2 heterocycles. The van der Waals surface area contributed by atoms with Gasteiger partial charge in [0.15, 0.2) is 0 Å². The van der Waals surface area contributed by atoms with E-state index in [2.05, 4.69) is 9.97 Å². The topological polar surface area (TPSA) is 61.0 Å². The molecule has 0 saturated carbocycles. The number of nitrogens with zero attached hydrogens (tertiary/aromatic N) is 2. The van der Waals surface area contributed by atoms with E-state index in [-0.39, 0.29) is 5.82 Å². The lowest BCUT2D eigenvalue weighted by Gasteiger charge is -2.07. The number of aryl methyl sites for hydroxylation is 1. The Morgan fingerprint density at radius 2 is 2.24 bits per heavy atom. The fourth-order valence-electron chi connectivity index (χ4n) is 1.71. The predicted molar refractivity (Wildman–Crippen MR) is 63.4 cm³/mol. The van der Waals surface area contributed by atoms with Gasteiger partial charge in [0.05, 0.1) is 24.3 Å². The van der Waals surface area contributed by atoms with Gasteiger partial charge in [-0.25, -0.2) is 9.37 Å². The highest BCUT2D eigenvalue weighted by molar-refractivity contribution is 5.78. The van der Waals surface area contributed by atoms with Crippen LogP contribution in [-0.4, -0.2) is 23.6 Å². The maximum absolute atomic E-state index is 13.7. The van der Waals surface area contributed by atoms with Crippen LogP contribution in [0.5, 0.6) is 5.88 Å².